The fourth-order valence-corrected chi connectivity index (χ4v) is 2.24. The van der Waals surface area contributed by atoms with Gasteiger partial charge in [0.1, 0.15) is 4.88 Å². The summed E-state index contributed by atoms with van der Waals surface area (Å²) < 4.78 is 3.73. The first-order chi connectivity index (χ1) is 8.60. The van der Waals surface area contributed by atoms with Crippen LogP contribution in [-0.4, -0.2) is 33.1 Å². The average molecular weight is 271 g/mol. The summed E-state index contributed by atoms with van der Waals surface area (Å²) in [4.78, 5) is 23.3. The minimum Gasteiger partial charge on any atom is -0.481 e. The molecule has 1 amide bonds. The number of aliphatic carboxylic acids is 1. The SMILES string of the molecule is CCCC(CNC(=O)c1snnc1CC)C(=O)O. The molecule has 0 saturated heterocycles. The smallest absolute Gasteiger partial charge is 0.308 e. The summed E-state index contributed by atoms with van der Waals surface area (Å²) >= 11 is 1.04. The summed E-state index contributed by atoms with van der Waals surface area (Å²) in [6.45, 7) is 3.95. The summed E-state index contributed by atoms with van der Waals surface area (Å²) in [7, 11) is 0. The molecule has 1 aromatic rings. The Morgan fingerprint density at radius 1 is 1.44 bits per heavy atom. The molecule has 0 aromatic carbocycles. The second kappa shape index (κ2) is 7.05. The molecule has 1 rings (SSSR count). The quantitative estimate of drug-likeness (QED) is 0.780. The second-order valence-corrected chi connectivity index (χ2v) is 4.69. The van der Waals surface area contributed by atoms with Gasteiger partial charge in [-0.15, -0.1) is 5.10 Å². The molecule has 0 spiro atoms. The van der Waals surface area contributed by atoms with Crippen molar-refractivity contribution in [2.45, 2.75) is 33.1 Å². The number of nitrogens with zero attached hydrogens (tertiary/aromatic N) is 2. The van der Waals surface area contributed by atoms with E-state index in [2.05, 4.69) is 14.9 Å². The predicted molar refractivity (Wildman–Crippen MR) is 67.7 cm³/mol. The largest absolute Gasteiger partial charge is 0.481 e. The fraction of sp³-hybridized carbons (Fsp3) is 0.636. The number of carbonyl (C=O) groups is 2. The highest BCUT2D eigenvalue weighted by Crippen LogP contribution is 2.11. The van der Waals surface area contributed by atoms with Crippen LogP contribution in [0.1, 0.15) is 42.1 Å². The lowest BCUT2D eigenvalue weighted by Gasteiger charge is -2.11. The third-order valence-corrected chi connectivity index (χ3v) is 3.36. The number of carboxylic acid groups (broad SMARTS) is 1. The molecule has 0 saturated carbocycles. The molecule has 0 aliphatic heterocycles. The molecule has 1 unspecified atom stereocenters. The Labute approximate surface area is 110 Å². The molecule has 1 heterocycles. The van der Waals surface area contributed by atoms with E-state index in [0.717, 1.165) is 18.0 Å². The van der Waals surface area contributed by atoms with Crippen molar-refractivity contribution >= 4 is 23.4 Å². The van der Waals surface area contributed by atoms with E-state index in [9.17, 15) is 9.59 Å². The first-order valence-electron chi connectivity index (χ1n) is 5.92. The average Bonchev–Trinajstić information content (AvgIpc) is 2.81. The maximum Gasteiger partial charge on any atom is 0.308 e. The number of hydrogen-bond donors (Lipinski definition) is 2. The van der Waals surface area contributed by atoms with Gasteiger partial charge in [0, 0.05) is 6.54 Å². The highest BCUT2D eigenvalue weighted by Gasteiger charge is 2.20. The molecular weight excluding hydrogens is 254 g/mol. The number of rotatable bonds is 7. The lowest BCUT2D eigenvalue weighted by molar-refractivity contribution is -0.141. The van der Waals surface area contributed by atoms with Crippen molar-refractivity contribution in [1.29, 1.82) is 0 Å². The Kier molecular flexibility index (Phi) is 5.70. The molecule has 100 valence electrons. The van der Waals surface area contributed by atoms with Crippen molar-refractivity contribution < 1.29 is 14.7 Å². The van der Waals surface area contributed by atoms with Gasteiger partial charge in [0.05, 0.1) is 11.6 Å². The van der Waals surface area contributed by atoms with E-state index in [4.69, 9.17) is 5.11 Å². The second-order valence-electron chi connectivity index (χ2n) is 3.94. The molecular formula is C11H17N3O3S. The maximum absolute atomic E-state index is 11.8. The maximum atomic E-state index is 11.8. The molecule has 0 aliphatic rings. The van der Waals surface area contributed by atoms with Crippen LogP contribution in [-0.2, 0) is 11.2 Å². The Hall–Kier alpha value is -1.50. The highest BCUT2D eigenvalue weighted by atomic mass is 32.1. The lowest BCUT2D eigenvalue weighted by Crippen LogP contribution is -2.32. The minimum atomic E-state index is -0.879. The van der Waals surface area contributed by atoms with Crippen molar-refractivity contribution in [1.82, 2.24) is 14.9 Å². The minimum absolute atomic E-state index is 0.142. The summed E-state index contributed by atoms with van der Waals surface area (Å²) in [5.74, 6) is -1.70. The van der Waals surface area contributed by atoms with Crippen LogP contribution in [0.2, 0.25) is 0 Å². The van der Waals surface area contributed by atoms with E-state index in [0.29, 0.717) is 23.4 Å². The van der Waals surface area contributed by atoms with Crippen molar-refractivity contribution in [3.8, 4) is 0 Å². The first-order valence-corrected chi connectivity index (χ1v) is 6.69. The van der Waals surface area contributed by atoms with Crippen LogP contribution in [0.25, 0.3) is 0 Å². The number of aryl methyl sites for hydroxylation is 1. The molecule has 0 radical (unpaired) electrons. The number of hydrogen-bond acceptors (Lipinski definition) is 5. The van der Waals surface area contributed by atoms with Gasteiger partial charge in [0.15, 0.2) is 0 Å². The third-order valence-electron chi connectivity index (χ3n) is 2.59. The third kappa shape index (κ3) is 3.76. The molecule has 0 bridgehead atoms. The van der Waals surface area contributed by atoms with Crippen molar-refractivity contribution in [2.75, 3.05) is 6.54 Å². The van der Waals surface area contributed by atoms with Crippen LogP contribution in [0.4, 0.5) is 0 Å². The summed E-state index contributed by atoms with van der Waals surface area (Å²) in [6.07, 6.45) is 1.96. The van der Waals surface area contributed by atoms with E-state index >= 15 is 0 Å². The van der Waals surface area contributed by atoms with E-state index < -0.39 is 11.9 Å². The standard InChI is InChI=1S/C11H17N3O3S/c1-3-5-7(11(16)17)6-12-10(15)9-8(4-2)13-14-18-9/h7H,3-6H2,1-2H3,(H,12,15)(H,16,17). The Morgan fingerprint density at radius 3 is 2.72 bits per heavy atom. The van der Waals surface area contributed by atoms with Gasteiger partial charge in [-0.2, -0.15) is 0 Å². The predicted octanol–water partition coefficient (Wildman–Crippen LogP) is 1.33. The summed E-state index contributed by atoms with van der Waals surface area (Å²) in [6, 6.07) is 0. The number of carbonyl (C=O) groups excluding carboxylic acids is 1. The zero-order chi connectivity index (χ0) is 13.5. The highest BCUT2D eigenvalue weighted by molar-refractivity contribution is 7.08. The van der Waals surface area contributed by atoms with Crippen molar-refractivity contribution in [2.24, 2.45) is 5.92 Å². The van der Waals surface area contributed by atoms with Gasteiger partial charge in [0.25, 0.3) is 5.91 Å². The van der Waals surface area contributed by atoms with Gasteiger partial charge >= 0.3 is 5.97 Å². The van der Waals surface area contributed by atoms with Gasteiger partial charge in [-0.3, -0.25) is 9.59 Å². The van der Waals surface area contributed by atoms with Crippen molar-refractivity contribution in [3.05, 3.63) is 10.6 Å². The molecule has 1 aromatic heterocycles. The fourth-order valence-electron chi connectivity index (χ4n) is 1.57. The van der Waals surface area contributed by atoms with Crippen molar-refractivity contribution in [3.63, 3.8) is 0 Å². The zero-order valence-corrected chi connectivity index (χ0v) is 11.3. The number of aromatic nitrogens is 2. The van der Waals surface area contributed by atoms with Gasteiger partial charge < -0.3 is 10.4 Å². The molecule has 1 atom stereocenters. The summed E-state index contributed by atoms with van der Waals surface area (Å²) in [5.41, 5.74) is 0.653. The van der Waals surface area contributed by atoms with E-state index in [1.165, 1.54) is 0 Å². The molecule has 0 fully saturated rings. The lowest BCUT2D eigenvalue weighted by atomic mass is 10.0. The van der Waals surface area contributed by atoms with Crippen LogP contribution < -0.4 is 5.32 Å². The monoisotopic (exact) mass is 271 g/mol. The van der Waals surface area contributed by atoms with Gasteiger partial charge in [0.2, 0.25) is 0 Å². The molecule has 7 heteroatoms. The normalized spacial score (nSPS) is 12.1. The molecule has 0 aliphatic carbocycles. The Morgan fingerprint density at radius 2 is 2.17 bits per heavy atom. The van der Waals surface area contributed by atoms with Crippen LogP contribution in [0.5, 0.6) is 0 Å². The van der Waals surface area contributed by atoms with Gasteiger partial charge in [-0.1, -0.05) is 24.8 Å². The summed E-state index contributed by atoms with van der Waals surface area (Å²) in [5, 5.41) is 15.5. The van der Waals surface area contributed by atoms with E-state index in [-0.39, 0.29) is 12.5 Å². The Bertz CT molecular complexity index is 419. The van der Waals surface area contributed by atoms with Crippen LogP contribution in [0.3, 0.4) is 0 Å². The van der Waals surface area contributed by atoms with Crippen LogP contribution in [0.15, 0.2) is 0 Å². The number of carboxylic acids is 1. The van der Waals surface area contributed by atoms with Crippen LogP contribution >= 0.6 is 11.5 Å². The van der Waals surface area contributed by atoms with E-state index in [1.807, 2.05) is 13.8 Å². The topological polar surface area (TPSA) is 92.2 Å². The van der Waals surface area contributed by atoms with Gasteiger partial charge in [-0.25, -0.2) is 0 Å². The molecule has 2 N–H and O–H groups in total. The molecule has 6 nitrogen and oxygen atoms in total. The molecule has 18 heavy (non-hydrogen) atoms. The van der Waals surface area contributed by atoms with E-state index in [1.54, 1.807) is 0 Å². The first kappa shape index (κ1) is 14.6. The Balaban J connectivity index is 2.57. The van der Waals surface area contributed by atoms with Crippen LogP contribution in [0, 0.1) is 5.92 Å². The number of amides is 1. The van der Waals surface area contributed by atoms with Gasteiger partial charge in [-0.05, 0) is 24.4 Å². The number of nitrogens with one attached hydrogen (secondary N) is 1. The zero-order valence-electron chi connectivity index (χ0n) is 10.5.